The van der Waals surface area contributed by atoms with Gasteiger partial charge in [-0.3, -0.25) is 10.1 Å². The molecule has 3 aromatic carbocycles. The molecule has 1 atom stereocenters. The van der Waals surface area contributed by atoms with E-state index in [1.165, 1.54) is 19.1 Å². The van der Waals surface area contributed by atoms with Crippen molar-refractivity contribution < 1.29 is 18.4 Å². The van der Waals surface area contributed by atoms with Crippen LogP contribution < -0.4 is 10.1 Å². The minimum Gasteiger partial charge on any atom is -0.478 e. The Bertz CT molecular complexity index is 1140. The molecule has 0 aliphatic rings. The molecule has 0 aliphatic carbocycles. The monoisotopic (exact) mass is 377 g/mol. The van der Waals surface area contributed by atoms with Crippen molar-refractivity contribution in [3.05, 3.63) is 72.5 Å². The number of para-hydroxylation sites is 1. The topological polar surface area (TPSA) is 77.2 Å². The van der Waals surface area contributed by atoms with Crippen LogP contribution in [0.1, 0.15) is 6.92 Å². The number of carbonyl (C=O) groups excluding carboxylic acids is 1. The lowest BCUT2D eigenvalue weighted by Gasteiger charge is -2.13. The molecule has 4 aromatic rings. The SMILES string of the molecule is C[C@@H](Oc1ccccc1F)C(=O)Nc1noc(-c2cccc3ccccc23)n1. The van der Waals surface area contributed by atoms with Crippen LogP contribution in [-0.4, -0.2) is 22.2 Å². The third-order valence-corrected chi connectivity index (χ3v) is 4.19. The van der Waals surface area contributed by atoms with Gasteiger partial charge in [-0.25, -0.2) is 4.39 Å². The maximum atomic E-state index is 13.7. The number of benzene rings is 3. The average molecular weight is 377 g/mol. The highest BCUT2D eigenvalue weighted by molar-refractivity contribution is 5.95. The summed E-state index contributed by atoms with van der Waals surface area (Å²) in [5, 5.41) is 8.31. The molecule has 0 unspecified atom stereocenters. The van der Waals surface area contributed by atoms with Crippen molar-refractivity contribution in [2.75, 3.05) is 5.32 Å². The van der Waals surface area contributed by atoms with Gasteiger partial charge >= 0.3 is 0 Å². The molecule has 0 spiro atoms. The van der Waals surface area contributed by atoms with Gasteiger partial charge in [0.15, 0.2) is 17.7 Å². The maximum Gasteiger partial charge on any atom is 0.270 e. The molecule has 1 aromatic heterocycles. The van der Waals surface area contributed by atoms with E-state index in [1.807, 2.05) is 42.5 Å². The number of rotatable bonds is 5. The smallest absolute Gasteiger partial charge is 0.270 e. The second-order valence-corrected chi connectivity index (χ2v) is 6.13. The molecule has 28 heavy (non-hydrogen) atoms. The summed E-state index contributed by atoms with van der Waals surface area (Å²) in [6, 6.07) is 19.4. The number of carbonyl (C=O) groups is 1. The molecule has 1 amide bonds. The largest absolute Gasteiger partial charge is 0.478 e. The van der Waals surface area contributed by atoms with Crippen LogP contribution in [0.5, 0.6) is 5.75 Å². The minimum absolute atomic E-state index is 0.00490. The normalized spacial score (nSPS) is 11.9. The lowest BCUT2D eigenvalue weighted by atomic mass is 10.0. The molecule has 0 radical (unpaired) electrons. The Hall–Kier alpha value is -3.74. The van der Waals surface area contributed by atoms with E-state index in [4.69, 9.17) is 9.26 Å². The lowest BCUT2D eigenvalue weighted by molar-refractivity contribution is -0.122. The lowest BCUT2D eigenvalue weighted by Crippen LogP contribution is -2.30. The van der Waals surface area contributed by atoms with Crippen molar-refractivity contribution in [3.63, 3.8) is 0 Å². The Morgan fingerprint density at radius 2 is 1.82 bits per heavy atom. The molecule has 0 bridgehead atoms. The molecule has 0 saturated carbocycles. The van der Waals surface area contributed by atoms with Crippen LogP contribution in [0.3, 0.4) is 0 Å². The molecule has 4 rings (SSSR count). The summed E-state index contributed by atoms with van der Waals surface area (Å²) in [6.07, 6.45) is -0.948. The second kappa shape index (κ2) is 7.48. The highest BCUT2D eigenvalue weighted by Crippen LogP contribution is 2.28. The van der Waals surface area contributed by atoms with Crippen molar-refractivity contribution >= 4 is 22.6 Å². The van der Waals surface area contributed by atoms with E-state index >= 15 is 0 Å². The molecular formula is C21H16FN3O3. The summed E-state index contributed by atoms with van der Waals surface area (Å²) in [4.78, 5) is 16.5. The average Bonchev–Trinajstić information content (AvgIpc) is 3.17. The Labute approximate surface area is 159 Å². The van der Waals surface area contributed by atoms with Crippen molar-refractivity contribution in [1.82, 2.24) is 10.1 Å². The summed E-state index contributed by atoms with van der Waals surface area (Å²) in [5.74, 6) is -0.769. The van der Waals surface area contributed by atoms with E-state index in [0.29, 0.717) is 0 Å². The summed E-state index contributed by atoms with van der Waals surface area (Å²) in [7, 11) is 0. The van der Waals surface area contributed by atoms with E-state index in [1.54, 1.807) is 12.1 Å². The Morgan fingerprint density at radius 1 is 1.07 bits per heavy atom. The fraction of sp³-hybridized carbons (Fsp3) is 0.0952. The quantitative estimate of drug-likeness (QED) is 0.557. The number of nitrogens with zero attached hydrogens (tertiary/aromatic N) is 2. The molecule has 7 heteroatoms. The van der Waals surface area contributed by atoms with Gasteiger partial charge < -0.3 is 9.26 Å². The predicted molar refractivity (Wildman–Crippen MR) is 102 cm³/mol. The van der Waals surface area contributed by atoms with Crippen LogP contribution in [0.15, 0.2) is 71.3 Å². The first kappa shape index (κ1) is 17.7. The molecule has 0 fully saturated rings. The summed E-state index contributed by atoms with van der Waals surface area (Å²) in [6.45, 7) is 1.51. The fourth-order valence-electron chi connectivity index (χ4n) is 2.79. The van der Waals surface area contributed by atoms with Gasteiger partial charge in [0.1, 0.15) is 0 Å². The summed E-state index contributed by atoms with van der Waals surface area (Å²) in [5.41, 5.74) is 0.766. The van der Waals surface area contributed by atoms with Gasteiger partial charge in [-0.2, -0.15) is 4.98 Å². The zero-order chi connectivity index (χ0) is 19.5. The number of anilines is 1. The third kappa shape index (κ3) is 3.55. The molecule has 0 saturated heterocycles. The standard InChI is InChI=1S/C21H16FN3O3/c1-13(27-18-12-5-4-11-17(18)22)19(26)23-21-24-20(28-25-21)16-10-6-8-14-7-2-3-9-15(14)16/h2-13H,1H3,(H,23,25,26)/t13-/m1/s1. The fourth-order valence-corrected chi connectivity index (χ4v) is 2.79. The van der Waals surface area contributed by atoms with E-state index in [-0.39, 0.29) is 17.6 Å². The Morgan fingerprint density at radius 3 is 2.68 bits per heavy atom. The molecule has 140 valence electrons. The first-order valence-corrected chi connectivity index (χ1v) is 8.66. The number of nitrogens with one attached hydrogen (secondary N) is 1. The Balaban J connectivity index is 1.50. The minimum atomic E-state index is -0.948. The third-order valence-electron chi connectivity index (χ3n) is 4.19. The van der Waals surface area contributed by atoms with Crippen molar-refractivity contribution in [1.29, 1.82) is 0 Å². The molecule has 6 nitrogen and oxygen atoms in total. The van der Waals surface area contributed by atoms with Gasteiger partial charge in [0.2, 0.25) is 0 Å². The summed E-state index contributed by atoms with van der Waals surface area (Å²) >= 11 is 0. The zero-order valence-corrected chi connectivity index (χ0v) is 14.9. The van der Waals surface area contributed by atoms with Crippen LogP contribution in [-0.2, 0) is 4.79 Å². The van der Waals surface area contributed by atoms with Gasteiger partial charge in [0.05, 0.1) is 0 Å². The molecular weight excluding hydrogens is 361 g/mol. The Kier molecular flexibility index (Phi) is 4.72. The van der Waals surface area contributed by atoms with Crippen LogP contribution in [0.2, 0.25) is 0 Å². The first-order chi connectivity index (χ1) is 13.6. The van der Waals surface area contributed by atoms with Crippen LogP contribution in [0, 0.1) is 5.82 Å². The number of amides is 1. The zero-order valence-electron chi connectivity index (χ0n) is 14.9. The van der Waals surface area contributed by atoms with Gasteiger partial charge in [-0.05, 0) is 41.1 Å². The van der Waals surface area contributed by atoms with Gasteiger partial charge in [0.25, 0.3) is 17.7 Å². The van der Waals surface area contributed by atoms with Crippen molar-refractivity contribution in [2.24, 2.45) is 0 Å². The maximum absolute atomic E-state index is 13.7. The molecule has 1 heterocycles. The molecule has 1 N–H and O–H groups in total. The highest BCUT2D eigenvalue weighted by Gasteiger charge is 2.19. The summed E-state index contributed by atoms with van der Waals surface area (Å²) < 4.78 is 24.3. The van der Waals surface area contributed by atoms with Crippen LogP contribution in [0.4, 0.5) is 10.3 Å². The highest BCUT2D eigenvalue weighted by atomic mass is 19.1. The van der Waals surface area contributed by atoms with E-state index in [0.717, 1.165) is 16.3 Å². The van der Waals surface area contributed by atoms with Crippen LogP contribution >= 0.6 is 0 Å². The second-order valence-electron chi connectivity index (χ2n) is 6.13. The van der Waals surface area contributed by atoms with E-state index in [9.17, 15) is 9.18 Å². The predicted octanol–water partition coefficient (Wildman–Crippen LogP) is 4.43. The number of hydrogen-bond acceptors (Lipinski definition) is 5. The number of halogens is 1. The van der Waals surface area contributed by atoms with Crippen molar-refractivity contribution in [3.8, 4) is 17.2 Å². The number of ether oxygens (including phenoxy) is 1. The molecule has 0 aliphatic heterocycles. The van der Waals surface area contributed by atoms with E-state index in [2.05, 4.69) is 15.5 Å². The first-order valence-electron chi connectivity index (χ1n) is 8.66. The van der Waals surface area contributed by atoms with E-state index < -0.39 is 17.8 Å². The van der Waals surface area contributed by atoms with Gasteiger partial charge in [-0.1, -0.05) is 48.5 Å². The van der Waals surface area contributed by atoms with Gasteiger partial charge in [0, 0.05) is 5.56 Å². The van der Waals surface area contributed by atoms with Gasteiger partial charge in [-0.15, -0.1) is 0 Å². The number of fused-ring (bicyclic) bond motifs is 1. The number of hydrogen-bond donors (Lipinski definition) is 1. The number of aromatic nitrogens is 2. The van der Waals surface area contributed by atoms with Crippen molar-refractivity contribution in [2.45, 2.75) is 13.0 Å². The van der Waals surface area contributed by atoms with Crippen LogP contribution in [0.25, 0.3) is 22.2 Å².